The van der Waals surface area contributed by atoms with E-state index in [9.17, 15) is 0 Å². The third kappa shape index (κ3) is 4.35. The van der Waals surface area contributed by atoms with Crippen LogP contribution in [-0.2, 0) is 0 Å². The first-order valence-electron chi connectivity index (χ1n) is 5.76. The van der Waals surface area contributed by atoms with Crippen molar-refractivity contribution in [2.45, 2.75) is 39.2 Å². The Bertz CT molecular complexity index is 268. The van der Waals surface area contributed by atoms with Gasteiger partial charge in [0.25, 0.3) is 0 Å². The van der Waals surface area contributed by atoms with Gasteiger partial charge in [0, 0.05) is 10.5 Å². The monoisotopic (exact) mass is 269 g/mol. The maximum absolute atomic E-state index is 3.54. The van der Waals surface area contributed by atoms with Crippen molar-refractivity contribution >= 4 is 15.9 Å². The number of benzene rings is 1. The topological polar surface area (TPSA) is 12.0 Å². The lowest BCUT2D eigenvalue weighted by Gasteiger charge is -2.18. The molecule has 0 aromatic heterocycles. The Labute approximate surface area is 101 Å². The smallest absolute Gasteiger partial charge is 0.0320 e. The molecule has 0 aliphatic rings. The zero-order chi connectivity index (χ0) is 11.1. The molecule has 1 aromatic rings. The molecule has 0 saturated heterocycles. The second kappa shape index (κ2) is 7.02. The molecular formula is C13H20BrN. The van der Waals surface area contributed by atoms with E-state index >= 15 is 0 Å². The van der Waals surface area contributed by atoms with Crippen LogP contribution >= 0.6 is 15.9 Å². The van der Waals surface area contributed by atoms with Gasteiger partial charge >= 0.3 is 0 Å². The van der Waals surface area contributed by atoms with Crippen LogP contribution in [0.4, 0.5) is 0 Å². The van der Waals surface area contributed by atoms with Gasteiger partial charge in [-0.2, -0.15) is 0 Å². The zero-order valence-electron chi connectivity index (χ0n) is 9.59. The predicted octanol–water partition coefficient (Wildman–Crippen LogP) is 4.29. The van der Waals surface area contributed by atoms with Crippen LogP contribution in [0.3, 0.4) is 0 Å². The van der Waals surface area contributed by atoms with Gasteiger partial charge in [-0.15, -0.1) is 0 Å². The van der Waals surface area contributed by atoms with Crippen molar-refractivity contribution in [2.75, 3.05) is 6.54 Å². The summed E-state index contributed by atoms with van der Waals surface area (Å²) in [7, 11) is 0. The number of hydrogen-bond donors (Lipinski definition) is 1. The van der Waals surface area contributed by atoms with E-state index in [0.717, 1.165) is 11.0 Å². The summed E-state index contributed by atoms with van der Waals surface area (Å²) in [4.78, 5) is 0. The number of nitrogens with one attached hydrogen (secondary N) is 1. The highest BCUT2D eigenvalue weighted by Gasteiger charge is 2.08. The molecule has 0 aliphatic heterocycles. The van der Waals surface area contributed by atoms with Crippen molar-refractivity contribution in [1.29, 1.82) is 0 Å². The van der Waals surface area contributed by atoms with Crippen LogP contribution in [0.5, 0.6) is 0 Å². The number of unbranched alkanes of at least 4 members (excludes halogenated alkanes) is 1. The standard InChI is InChI=1S/C13H20BrN/c1-3-5-6-13(15-4-2)11-7-9-12(14)10-8-11/h7-10,13,15H,3-6H2,1-2H3. The van der Waals surface area contributed by atoms with Gasteiger partial charge in [-0.1, -0.05) is 54.8 Å². The van der Waals surface area contributed by atoms with Crippen LogP contribution in [0, 0.1) is 0 Å². The van der Waals surface area contributed by atoms with E-state index in [-0.39, 0.29) is 0 Å². The van der Waals surface area contributed by atoms with Crippen molar-refractivity contribution in [1.82, 2.24) is 5.32 Å². The molecular weight excluding hydrogens is 250 g/mol. The summed E-state index contributed by atoms with van der Waals surface area (Å²) in [5.41, 5.74) is 1.40. The highest BCUT2D eigenvalue weighted by Crippen LogP contribution is 2.21. The van der Waals surface area contributed by atoms with Crippen LogP contribution in [0.25, 0.3) is 0 Å². The Morgan fingerprint density at radius 1 is 1.20 bits per heavy atom. The molecule has 0 amide bonds. The molecule has 1 unspecified atom stereocenters. The first-order chi connectivity index (χ1) is 7.27. The maximum Gasteiger partial charge on any atom is 0.0320 e. The van der Waals surface area contributed by atoms with E-state index in [1.807, 2.05) is 0 Å². The molecule has 0 bridgehead atoms. The van der Waals surface area contributed by atoms with Crippen molar-refractivity contribution < 1.29 is 0 Å². The average Bonchev–Trinajstić information content (AvgIpc) is 2.25. The van der Waals surface area contributed by atoms with Crippen LogP contribution in [0.1, 0.15) is 44.7 Å². The van der Waals surface area contributed by atoms with Crippen molar-refractivity contribution in [3.63, 3.8) is 0 Å². The van der Waals surface area contributed by atoms with E-state index in [0.29, 0.717) is 6.04 Å². The first kappa shape index (κ1) is 12.7. The van der Waals surface area contributed by atoms with Gasteiger partial charge in [0.15, 0.2) is 0 Å². The lowest BCUT2D eigenvalue weighted by molar-refractivity contribution is 0.495. The zero-order valence-corrected chi connectivity index (χ0v) is 11.2. The highest BCUT2D eigenvalue weighted by molar-refractivity contribution is 9.10. The lowest BCUT2D eigenvalue weighted by atomic mass is 10.0. The Balaban J connectivity index is 2.65. The second-order valence-corrected chi connectivity index (χ2v) is 4.72. The summed E-state index contributed by atoms with van der Waals surface area (Å²) in [6.45, 7) is 5.44. The molecule has 15 heavy (non-hydrogen) atoms. The van der Waals surface area contributed by atoms with E-state index in [1.165, 1.54) is 24.8 Å². The quantitative estimate of drug-likeness (QED) is 0.813. The first-order valence-corrected chi connectivity index (χ1v) is 6.56. The van der Waals surface area contributed by atoms with E-state index in [2.05, 4.69) is 59.4 Å². The Hall–Kier alpha value is -0.340. The summed E-state index contributed by atoms with van der Waals surface area (Å²) in [5, 5.41) is 3.54. The van der Waals surface area contributed by atoms with Gasteiger partial charge in [-0.05, 0) is 30.7 Å². The number of hydrogen-bond acceptors (Lipinski definition) is 1. The summed E-state index contributed by atoms with van der Waals surface area (Å²) in [6, 6.07) is 9.15. The SMILES string of the molecule is CCCCC(NCC)c1ccc(Br)cc1. The van der Waals surface area contributed by atoms with Gasteiger partial charge in [0.05, 0.1) is 0 Å². The van der Waals surface area contributed by atoms with E-state index < -0.39 is 0 Å². The minimum atomic E-state index is 0.517. The van der Waals surface area contributed by atoms with E-state index in [1.54, 1.807) is 0 Å². The fraction of sp³-hybridized carbons (Fsp3) is 0.538. The van der Waals surface area contributed by atoms with Gasteiger partial charge < -0.3 is 5.32 Å². The molecule has 1 N–H and O–H groups in total. The molecule has 1 atom stereocenters. The Morgan fingerprint density at radius 2 is 1.87 bits per heavy atom. The van der Waals surface area contributed by atoms with Crippen LogP contribution < -0.4 is 5.32 Å². The highest BCUT2D eigenvalue weighted by atomic mass is 79.9. The average molecular weight is 270 g/mol. The second-order valence-electron chi connectivity index (χ2n) is 3.80. The van der Waals surface area contributed by atoms with Crippen molar-refractivity contribution in [2.24, 2.45) is 0 Å². The van der Waals surface area contributed by atoms with Gasteiger partial charge in [0.1, 0.15) is 0 Å². The molecule has 84 valence electrons. The lowest BCUT2D eigenvalue weighted by Crippen LogP contribution is -2.20. The molecule has 0 heterocycles. The van der Waals surface area contributed by atoms with Gasteiger partial charge in [-0.25, -0.2) is 0 Å². The maximum atomic E-state index is 3.54. The van der Waals surface area contributed by atoms with Crippen LogP contribution in [0.2, 0.25) is 0 Å². The third-order valence-electron chi connectivity index (χ3n) is 2.57. The number of rotatable bonds is 6. The molecule has 1 rings (SSSR count). The molecule has 1 nitrogen and oxygen atoms in total. The molecule has 0 radical (unpaired) electrons. The van der Waals surface area contributed by atoms with Gasteiger partial charge in [-0.3, -0.25) is 0 Å². The summed E-state index contributed by atoms with van der Waals surface area (Å²) >= 11 is 3.47. The normalized spacial score (nSPS) is 12.7. The fourth-order valence-electron chi connectivity index (χ4n) is 1.74. The largest absolute Gasteiger partial charge is 0.310 e. The molecule has 0 aliphatic carbocycles. The van der Waals surface area contributed by atoms with Crippen LogP contribution in [0.15, 0.2) is 28.7 Å². The minimum Gasteiger partial charge on any atom is -0.310 e. The molecule has 0 saturated carbocycles. The van der Waals surface area contributed by atoms with Gasteiger partial charge in [0.2, 0.25) is 0 Å². The summed E-state index contributed by atoms with van der Waals surface area (Å²) < 4.78 is 1.15. The number of halogens is 1. The molecule has 2 heteroatoms. The Morgan fingerprint density at radius 3 is 2.40 bits per heavy atom. The Kier molecular flexibility index (Phi) is 5.96. The minimum absolute atomic E-state index is 0.517. The summed E-state index contributed by atoms with van der Waals surface area (Å²) in [5.74, 6) is 0. The van der Waals surface area contributed by atoms with Crippen molar-refractivity contribution in [3.05, 3.63) is 34.3 Å². The predicted molar refractivity (Wildman–Crippen MR) is 70.1 cm³/mol. The molecule has 0 fully saturated rings. The molecule has 1 aromatic carbocycles. The fourth-order valence-corrected chi connectivity index (χ4v) is 2.00. The van der Waals surface area contributed by atoms with Crippen molar-refractivity contribution in [3.8, 4) is 0 Å². The summed E-state index contributed by atoms with van der Waals surface area (Å²) in [6.07, 6.45) is 3.78. The van der Waals surface area contributed by atoms with Crippen LogP contribution in [-0.4, -0.2) is 6.54 Å². The third-order valence-corrected chi connectivity index (χ3v) is 3.10. The molecule has 0 spiro atoms. The van der Waals surface area contributed by atoms with E-state index in [4.69, 9.17) is 0 Å².